The molecule has 14 rings (SSSR count). The summed E-state index contributed by atoms with van der Waals surface area (Å²) in [5.41, 5.74) is 12.5. The molecule has 14 aliphatic rings. The third kappa shape index (κ3) is 3.18. The van der Waals surface area contributed by atoms with Crippen LogP contribution in [0.1, 0.15) is 77.0 Å². The summed E-state index contributed by atoms with van der Waals surface area (Å²) in [6, 6.07) is 0. The van der Waals surface area contributed by atoms with Crippen LogP contribution in [0.15, 0.2) is 0 Å². The van der Waals surface area contributed by atoms with Crippen LogP contribution in [0.3, 0.4) is 0 Å². The Morgan fingerprint density at radius 2 is 0.897 bits per heavy atom. The number of carboxylic acids is 1. The van der Waals surface area contributed by atoms with Gasteiger partial charge in [0.1, 0.15) is 6.61 Å². The molecule has 0 aromatic heterocycles. The molecule has 0 heterocycles. The maximum atomic E-state index is 12.6. The van der Waals surface area contributed by atoms with Crippen molar-refractivity contribution >= 4 is 5.97 Å². The Hall–Kier alpha value is -0.860. The summed E-state index contributed by atoms with van der Waals surface area (Å²) in [4.78, 5) is 11.7. The van der Waals surface area contributed by atoms with Crippen LogP contribution in [0, 0.1) is 76.4 Å². The lowest BCUT2D eigenvalue weighted by Crippen LogP contribution is -2.73. The number of hydrogen-bond donors (Lipinski definition) is 3. The number of rotatable bonds is 3. The van der Waals surface area contributed by atoms with Gasteiger partial charge in [-0.15, -0.1) is 0 Å². The maximum absolute atomic E-state index is 12.6. The Kier molecular flexibility index (Phi) is 4.56. The van der Waals surface area contributed by atoms with E-state index in [1.807, 2.05) is 0 Å². The van der Waals surface area contributed by atoms with Crippen LogP contribution in [0.4, 0.5) is 13.2 Å². The minimum absolute atomic E-state index is 0.0493. The van der Waals surface area contributed by atoms with Crippen LogP contribution < -0.4 is 11.5 Å². The highest BCUT2D eigenvalue weighted by Gasteiger charge is 2.72. The molecule has 0 amide bonds. The third-order valence-electron chi connectivity index (χ3n) is 15.2. The first-order valence-corrected chi connectivity index (χ1v) is 15.8. The van der Waals surface area contributed by atoms with Gasteiger partial charge in [0.05, 0.1) is 11.0 Å². The molecular weight excluding hydrogens is 505 g/mol. The summed E-state index contributed by atoms with van der Waals surface area (Å²) in [6.45, 7) is -1.07. The smallest absolute Gasteiger partial charge is 0.411 e. The van der Waals surface area contributed by atoms with E-state index in [0.29, 0.717) is 53.3 Å². The van der Waals surface area contributed by atoms with Gasteiger partial charge in [0.15, 0.2) is 0 Å². The normalized spacial score (nSPS) is 63.1. The van der Waals surface area contributed by atoms with Crippen molar-refractivity contribution in [2.24, 2.45) is 87.9 Å². The predicted octanol–water partition coefficient (Wildman–Crippen LogP) is 4.97. The molecule has 14 aliphatic carbocycles. The minimum atomic E-state index is -4.21. The molecule has 0 unspecified atom stereocenters. The molecule has 0 aliphatic heterocycles. The second-order valence-corrected chi connectivity index (χ2v) is 16.8. The van der Waals surface area contributed by atoms with Gasteiger partial charge in [0, 0.05) is 11.1 Å². The fraction of sp³-hybridized carbons (Fsp3) is 0.968. The molecule has 5 nitrogen and oxygen atoms in total. The summed E-state index contributed by atoms with van der Waals surface area (Å²) >= 11 is 0. The average Bonchev–Trinajstić information content (AvgIpc) is 2.87. The zero-order chi connectivity index (χ0) is 26.9. The van der Waals surface area contributed by atoms with Crippen LogP contribution in [0.2, 0.25) is 0 Å². The van der Waals surface area contributed by atoms with Crippen molar-refractivity contribution in [2.45, 2.75) is 99.9 Å². The van der Waals surface area contributed by atoms with Crippen molar-refractivity contribution in [1.29, 1.82) is 0 Å². The lowest BCUT2D eigenvalue weighted by molar-refractivity contribution is -0.293. The molecule has 39 heavy (non-hydrogen) atoms. The number of carbonyl (C=O) groups is 1. The number of hydrogen-bond acceptors (Lipinski definition) is 4. The monoisotopic (exact) mass is 548 g/mol. The van der Waals surface area contributed by atoms with Crippen molar-refractivity contribution in [3.05, 3.63) is 0 Å². The van der Waals surface area contributed by atoms with E-state index < -0.39 is 24.4 Å². The zero-order valence-corrected chi connectivity index (χ0v) is 22.7. The second kappa shape index (κ2) is 7.19. The van der Waals surface area contributed by atoms with Crippen molar-refractivity contribution in [1.82, 2.24) is 0 Å². The molecule has 0 saturated heterocycles. The van der Waals surface area contributed by atoms with Crippen molar-refractivity contribution in [2.75, 3.05) is 6.61 Å². The topological polar surface area (TPSA) is 98.6 Å². The van der Waals surface area contributed by atoms with Crippen LogP contribution in [-0.2, 0) is 9.53 Å². The summed E-state index contributed by atoms with van der Waals surface area (Å²) < 4.78 is 43.2. The summed E-state index contributed by atoms with van der Waals surface area (Å²) in [5.74, 6) is 7.70. The number of halogens is 3. The summed E-state index contributed by atoms with van der Waals surface area (Å²) in [6.07, 6.45) is 8.16. The van der Waals surface area contributed by atoms with Gasteiger partial charge in [-0.2, -0.15) is 13.2 Å². The second-order valence-electron chi connectivity index (χ2n) is 16.8. The number of alkyl halides is 3. The molecular formula is C31H43F3N2O3. The number of nitrogens with two attached hydrogens (primary N) is 2. The first kappa shape index (κ1) is 24.7. The molecule has 16 bridgehead atoms. The SMILES string of the molecule is NC12CC3C4CC5(C(=O)O)CC3C(C1)C(C5)C4C2.NC12CC3C4CC5(OCC(F)(F)F)CC3C(C1)C(C5)C4C2. The van der Waals surface area contributed by atoms with Gasteiger partial charge < -0.3 is 21.3 Å². The van der Waals surface area contributed by atoms with Crippen LogP contribution in [0.25, 0.3) is 0 Å². The Bertz CT molecular complexity index is 995. The predicted molar refractivity (Wildman–Crippen MR) is 136 cm³/mol. The minimum Gasteiger partial charge on any atom is -0.481 e. The zero-order valence-electron chi connectivity index (χ0n) is 22.7. The Morgan fingerprint density at radius 1 is 0.615 bits per heavy atom. The quantitative estimate of drug-likeness (QED) is 0.463. The lowest BCUT2D eigenvalue weighted by Gasteiger charge is -2.74. The third-order valence-corrected chi connectivity index (χ3v) is 15.2. The standard InChI is InChI=1S/C16H22F3NO.C15H21NO2/c17-16(18,19)7-21-15-4-11-8-1-14(20)2-9(11)13(6-15)10(3-14)12(8)5-15;16-15-4-10-7-1-14(13(17)18)2-8(10)12(6-15)9(3-14)11(7)5-15/h8-13H,1-7,20H2;7-12H,1-6,16H2,(H,17,18). The first-order chi connectivity index (χ1) is 18.3. The van der Waals surface area contributed by atoms with Crippen LogP contribution in [0.5, 0.6) is 0 Å². The summed E-state index contributed by atoms with van der Waals surface area (Å²) in [7, 11) is 0. The van der Waals surface area contributed by atoms with Crippen LogP contribution >= 0.6 is 0 Å². The largest absolute Gasteiger partial charge is 0.481 e. The van der Waals surface area contributed by atoms with E-state index in [9.17, 15) is 23.1 Å². The van der Waals surface area contributed by atoms with E-state index in [1.165, 1.54) is 19.3 Å². The number of ether oxygens (including phenoxy) is 1. The number of carboxylic acid groups (broad SMARTS) is 1. The van der Waals surface area contributed by atoms with E-state index in [0.717, 1.165) is 75.5 Å². The highest BCUT2D eigenvalue weighted by molar-refractivity contribution is 5.75. The lowest BCUT2D eigenvalue weighted by atomic mass is 9.32. The van der Waals surface area contributed by atoms with E-state index in [-0.39, 0.29) is 16.5 Å². The fourth-order valence-electron chi connectivity index (χ4n) is 14.6. The Labute approximate surface area is 228 Å². The van der Waals surface area contributed by atoms with E-state index in [2.05, 4.69) is 0 Å². The van der Waals surface area contributed by atoms with Gasteiger partial charge in [0.25, 0.3) is 0 Å². The van der Waals surface area contributed by atoms with Gasteiger partial charge in [-0.1, -0.05) is 0 Å². The molecule has 216 valence electrons. The first-order valence-electron chi connectivity index (χ1n) is 15.8. The van der Waals surface area contributed by atoms with E-state index in [1.54, 1.807) is 0 Å². The van der Waals surface area contributed by atoms with Gasteiger partial charge in [-0.25, -0.2) is 0 Å². The fourth-order valence-corrected chi connectivity index (χ4v) is 14.6. The molecule has 0 radical (unpaired) electrons. The van der Waals surface area contributed by atoms with Crippen molar-refractivity contribution < 1.29 is 27.8 Å². The average molecular weight is 549 g/mol. The van der Waals surface area contributed by atoms with Gasteiger partial charge in [0.2, 0.25) is 0 Å². The Morgan fingerprint density at radius 3 is 1.18 bits per heavy atom. The van der Waals surface area contributed by atoms with E-state index >= 15 is 0 Å². The Balaban J connectivity index is 0.000000115. The van der Waals surface area contributed by atoms with E-state index in [4.69, 9.17) is 16.2 Å². The molecule has 8 heteroatoms. The van der Waals surface area contributed by atoms with Crippen molar-refractivity contribution in [3.8, 4) is 0 Å². The molecule has 0 aromatic carbocycles. The van der Waals surface area contributed by atoms with Gasteiger partial charge in [-0.3, -0.25) is 4.79 Å². The molecule has 14 fully saturated rings. The molecule has 0 aromatic rings. The maximum Gasteiger partial charge on any atom is 0.411 e. The molecule has 0 spiro atoms. The summed E-state index contributed by atoms with van der Waals surface area (Å²) in [5, 5.41) is 9.67. The highest BCUT2D eigenvalue weighted by Crippen LogP contribution is 2.75. The van der Waals surface area contributed by atoms with Crippen molar-refractivity contribution in [3.63, 3.8) is 0 Å². The van der Waals surface area contributed by atoms with Crippen LogP contribution in [-0.4, -0.2) is 40.5 Å². The molecule has 5 N–H and O–H groups in total. The van der Waals surface area contributed by atoms with Gasteiger partial charge in [-0.05, 0) is 148 Å². The molecule has 14 saturated carbocycles. The highest BCUT2D eigenvalue weighted by atomic mass is 19.4. The number of aliphatic carboxylic acids is 1. The van der Waals surface area contributed by atoms with Gasteiger partial charge >= 0.3 is 12.1 Å². The molecule has 0 atom stereocenters.